The van der Waals surface area contributed by atoms with Gasteiger partial charge in [-0.15, -0.1) is 5.10 Å². The molecular formula is C15H14F3N5O3S. The van der Waals surface area contributed by atoms with E-state index < -0.39 is 49.7 Å². The van der Waals surface area contributed by atoms with Crippen LogP contribution in [-0.2, 0) is 16.6 Å². The molecule has 0 atom stereocenters. The SMILES string of the molecule is CCN(c1c(F)cccc1F)S(=O)(=O)c1nc2c(F)cn(CC)c(=O)n2n1. The first kappa shape index (κ1) is 18.9. The fraction of sp³-hybridized carbons (Fsp3) is 0.267. The van der Waals surface area contributed by atoms with Gasteiger partial charge in [-0.1, -0.05) is 6.07 Å². The van der Waals surface area contributed by atoms with Crippen LogP contribution in [0.15, 0.2) is 34.3 Å². The van der Waals surface area contributed by atoms with Crippen molar-refractivity contribution in [3.63, 3.8) is 0 Å². The Morgan fingerprint density at radius 3 is 2.30 bits per heavy atom. The standard InChI is InChI=1S/C15H14F3N5O3S/c1-3-21-8-11(18)13-19-14(20-23(13)15(21)24)27(25,26)22(4-2)12-9(16)6-5-7-10(12)17/h5-8H,3-4H2,1-2H3. The van der Waals surface area contributed by atoms with Crippen molar-refractivity contribution < 1.29 is 21.6 Å². The van der Waals surface area contributed by atoms with Crippen LogP contribution >= 0.6 is 0 Å². The van der Waals surface area contributed by atoms with E-state index in [4.69, 9.17) is 0 Å². The number of aryl methyl sites for hydroxylation is 1. The Hall–Kier alpha value is -2.89. The fourth-order valence-electron chi connectivity index (χ4n) is 2.56. The molecule has 0 amide bonds. The highest BCUT2D eigenvalue weighted by molar-refractivity contribution is 7.92. The molecule has 0 unspecified atom stereocenters. The summed E-state index contributed by atoms with van der Waals surface area (Å²) in [7, 11) is -4.67. The molecule has 3 aromatic rings. The Bertz CT molecular complexity index is 1170. The first-order chi connectivity index (χ1) is 12.7. The van der Waals surface area contributed by atoms with Gasteiger partial charge >= 0.3 is 15.7 Å². The van der Waals surface area contributed by atoms with E-state index in [-0.39, 0.29) is 13.1 Å². The van der Waals surface area contributed by atoms with Gasteiger partial charge in [0.15, 0.2) is 23.1 Å². The number of halogens is 3. The van der Waals surface area contributed by atoms with Gasteiger partial charge < -0.3 is 0 Å². The van der Waals surface area contributed by atoms with Crippen LogP contribution in [0.2, 0.25) is 0 Å². The van der Waals surface area contributed by atoms with E-state index >= 15 is 0 Å². The third kappa shape index (κ3) is 2.95. The number of hydrogen-bond acceptors (Lipinski definition) is 5. The molecule has 0 saturated carbocycles. The van der Waals surface area contributed by atoms with E-state index in [2.05, 4.69) is 10.1 Å². The Labute approximate surface area is 151 Å². The predicted molar refractivity (Wildman–Crippen MR) is 89.4 cm³/mol. The van der Waals surface area contributed by atoms with Crippen molar-refractivity contribution in [2.45, 2.75) is 25.5 Å². The van der Waals surface area contributed by atoms with Crippen LogP contribution in [-0.4, -0.2) is 34.1 Å². The quantitative estimate of drug-likeness (QED) is 0.647. The fourth-order valence-corrected chi connectivity index (χ4v) is 3.90. The second-order valence-electron chi connectivity index (χ2n) is 5.42. The maximum atomic E-state index is 14.1. The van der Waals surface area contributed by atoms with Crippen molar-refractivity contribution in [2.75, 3.05) is 10.8 Å². The van der Waals surface area contributed by atoms with Crippen LogP contribution in [0.1, 0.15) is 13.8 Å². The largest absolute Gasteiger partial charge is 0.350 e. The molecular weight excluding hydrogens is 387 g/mol. The zero-order valence-electron chi connectivity index (χ0n) is 14.2. The molecule has 0 aliphatic heterocycles. The molecule has 8 nitrogen and oxygen atoms in total. The lowest BCUT2D eigenvalue weighted by molar-refractivity contribution is 0.560. The van der Waals surface area contributed by atoms with Crippen LogP contribution in [0.3, 0.4) is 0 Å². The zero-order chi connectivity index (χ0) is 19.9. The molecule has 1 aromatic carbocycles. The van der Waals surface area contributed by atoms with Crippen LogP contribution in [0.25, 0.3) is 5.65 Å². The number of sulfonamides is 1. The van der Waals surface area contributed by atoms with Gasteiger partial charge in [0.05, 0.1) is 0 Å². The highest BCUT2D eigenvalue weighted by Crippen LogP contribution is 2.28. The van der Waals surface area contributed by atoms with Gasteiger partial charge in [-0.3, -0.25) is 8.87 Å². The van der Waals surface area contributed by atoms with Gasteiger partial charge in [0.25, 0.3) is 5.16 Å². The maximum absolute atomic E-state index is 14.1. The number of nitrogens with zero attached hydrogens (tertiary/aromatic N) is 5. The summed E-state index contributed by atoms with van der Waals surface area (Å²) in [6.45, 7) is 2.71. The van der Waals surface area contributed by atoms with Crippen molar-refractivity contribution in [1.29, 1.82) is 0 Å². The van der Waals surface area contributed by atoms with Crippen molar-refractivity contribution in [2.24, 2.45) is 0 Å². The van der Waals surface area contributed by atoms with Crippen LogP contribution in [0.5, 0.6) is 0 Å². The maximum Gasteiger partial charge on any atom is 0.350 e. The van der Waals surface area contributed by atoms with Gasteiger partial charge in [0, 0.05) is 19.3 Å². The third-order valence-electron chi connectivity index (χ3n) is 3.83. The summed E-state index contributed by atoms with van der Waals surface area (Å²) >= 11 is 0. The smallest absolute Gasteiger partial charge is 0.296 e. The molecule has 0 N–H and O–H groups in total. The number of anilines is 1. The minimum absolute atomic E-state index is 0.120. The number of hydrogen-bond donors (Lipinski definition) is 0. The summed E-state index contributed by atoms with van der Waals surface area (Å²) in [5, 5.41) is 2.62. The van der Waals surface area contributed by atoms with Gasteiger partial charge in [-0.2, -0.15) is 17.9 Å². The molecule has 0 radical (unpaired) electrons. The normalized spacial score (nSPS) is 11.9. The molecule has 12 heteroatoms. The number of para-hydroxylation sites is 1. The van der Waals surface area contributed by atoms with Crippen LogP contribution in [0.4, 0.5) is 18.9 Å². The van der Waals surface area contributed by atoms with Crippen molar-refractivity contribution in [3.8, 4) is 0 Å². The molecule has 0 bridgehead atoms. The van der Waals surface area contributed by atoms with Gasteiger partial charge in [-0.05, 0) is 26.0 Å². The lowest BCUT2D eigenvalue weighted by atomic mass is 10.3. The average molecular weight is 401 g/mol. The summed E-state index contributed by atoms with van der Waals surface area (Å²) in [6, 6.07) is 2.88. The third-order valence-corrected chi connectivity index (χ3v) is 5.49. The Morgan fingerprint density at radius 1 is 1.11 bits per heavy atom. The van der Waals surface area contributed by atoms with E-state index in [1.165, 1.54) is 6.92 Å². The van der Waals surface area contributed by atoms with Gasteiger partial charge in [-0.25, -0.2) is 18.0 Å². The lowest BCUT2D eigenvalue weighted by Gasteiger charge is -2.21. The summed E-state index contributed by atoms with van der Waals surface area (Å²) in [4.78, 5) is 15.8. The minimum Gasteiger partial charge on any atom is -0.296 e. The second-order valence-corrected chi connectivity index (χ2v) is 7.17. The van der Waals surface area contributed by atoms with Crippen molar-refractivity contribution in [3.05, 3.63) is 52.3 Å². The summed E-state index contributed by atoms with van der Waals surface area (Å²) in [5.74, 6) is -3.18. The minimum atomic E-state index is -4.67. The molecule has 3 rings (SSSR count). The molecule has 0 aliphatic carbocycles. The Kier molecular flexibility index (Phi) is 4.68. The van der Waals surface area contributed by atoms with E-state index in [9.17, 15) is 26.4 Å². The number of fused-ring (bicyclic) bond motifs is 1. The first-order valence-electron chi connectivity index (χ1n) is 7.84. The van der Waals surface area contributed by atoms with E-state index in [0.717, 1.165) is 29.0 Å². The zero-order valence-corrected chi connectivity index (χ0v) is 15.0. The Morgan fingerprint density at radius 2 is 1.74 bits per heavy atom. The Balaban J connectivity index is 2.24. The average Bonchev–Trinajstić information content (AvgIpc) is 3.08. The van der Waals surface area contributed by atoms with Gasteiger partial charge in [0.1, 0.15) is 5.69 Å². The van der Waals surface area contributed by atoms with E-state index in [1.54, 1.807) is 6.92 Å². The summed E-state index contributed by atoms with van der Waals surface area (Å²) in [5.41, 5.74) is -2.22. The predicted octanol–water partition coefficient (Wildman–Crippen LogP) is 1.54. The second kappa shape index (κ2) is 6.68. The highest BCUT2D eigenvalue weighted by atomic mass is 32.2. The molecule has 2 aromatic heterocycles. The monoisotopic (exact) mass is 401 g/mol. The molecule has 144 valence electrons. The van der Waals surface area contributed by atoms with Crippen LogP contribution < -0.4 is 9.99 Å². The summed E-state index contributed by atoms with van der Waals surface area (Å²) in [6.07, 6.45) is 0.872. The summed E-state index contributed by atoms with van der Waals surface area (Å²) < 4.78 is 69.8. The first-order valence-corrected chi connectivity index (χ1v) is 9.28. The number of rotatable bonds is 5. The molecule has 0 spiro atoms. The highest BCUT2D eigenvalue weighted by Gasteiger charge is 2.33. The van der Waals surface area contributed by atoms with Crippen LogP contribution in [0, 0.1) is 17.5 Å². The lowest BCUT2D eigenvalue weighted by Crippen LogP contribution is -2.33. The number of benzene rings is 1. The molecule has 0 saturated heterocycles. The molecule has 0 aliphatic rings. The van der Waals surface area contributed by atoms with E-state index in [1.807, 2.05) is 0 Å². The molecule has 2 heterocycles. The van der Waals surface area contributed by atoms with Crippen molar-refractivity contribution >= 4 is 21.4 Å². The van der Waals surface area contributed by atoms with Crippen molar-refractivity contribution in [1.82, 2.24) is 19.2 Å². The topological polar surface area (TPSA) is 89.6 Å². The molecule has 0 fully saturated rings. The molecule has 27 heavy (non-hydrogen) atoms. The number of aromatic nitrogens is 4. The van der Waals surface area contributed by atoms with Gasteiger partial charge in [0.2, 0.25) is 0 Å². The van der Waals surface area contributed by atoms with E-state index in [0.29, 0.717) is 8.82 Å².